The van der Waals surface area contributed by atoms with E-state index in [0.717, 1.165) is 14.6 Å². The average Bonchev–Trinajstić information content (AvgIpc) is 3.45. The number of carbonyl (C=O) groups is 4. The summed E-state index contributed by atoms with van der Waals surface area (Å²) in [7, 11) is 0. The highest BCUT2D eigenvalue weighted by atomic mass is 35.5. The number of thioether (sulfide) groups is 2. The van der Waals surface area contributed by atoms with Gasteiger partial charge in [0, 0.05) is 24.4 Å². The van der Waals surface area contributed by atoms with E-state index < -0.39 is 16.7 Å². The Morgan fingerprint density at radius 3 is 2.67 bits per heavy atom. The van der Waals surface area contributed by atoms with Gasteiger partial charge in [-0.15, -0.1) is 35.5 Å². The molecule has 0 radical (unpaired) electrons. The number of nitrogens with one attached hydrogen (secondary N) is 3. The molecule has 1 fully saturated rings. The number of β-lactam (4-membered cyclic amide) rings is 1. The maximum absolute atomic E-state index is 13.1. The lowest BCUT2D eigenvalue weighted by molar-refractivity contribution is -0.687. The van der Waals surface area contributed by atoms with E-state index in [0.29, 0.717) is 36.4 Å². The van der Waals surface area contributed by atoms with Crippen molar-refractivity contribution in [2.75, 3.05) is 18.1 Å². The van der Waals surface area contributed by atoms with Crippen molar-refractivity contribution in [1.82, 2.24) is 25.6 Å². The molecule has 0 aliphatic carbocycles. The fourth-order valence-electron chi connectivity index (χ4n) is 4.78. The molecule has 2 aromatic heterocycles. The molecule has 1 aromatic carbocycles. The molecule has 0 spiro atoms. The number of allylic oxidation sites excluding steroid dienone is 3. The van der Waals surface area contributed by atoms with Crippen molar-refractivity contribution in [3.8, 4) is 0 Å². The molecular weight excluding hydrogens is 691 g/mol. The van der Waals surface area contributed by atoms with Crippen molar-refractivity contribution in [2.45, 2.75) is 35.6 Å². The molecule has 5 rings (SSSR count). The van der Waals surface area contributed by atoms with E-state index >= 15 is 0 Å². The minimum absolute atomic E-state index is 0. The zero-order valence-electron chi connectivity index (χ0n) is 24.5. The molecule has 3 amide bonds. The second kappa shape index (κ2) is 15.8. The van der Waals surface area contributed by atoms with Crippen molar-refractivity contribution in [3.63, 3.8) is 0 Å². The van der Waals surface area contributed by atoms with Crippen LogP contribution < -0.4 is 21.0 Å². The number of hydrogen-bond acceptors (Lipinski definition) is 9. The Balaban J connectivity index is 0.00000480. The summed E-state index contributed by atoms with van der Waals surface area (Å²) in [6.45, 7) is 2.74. The van der Waals surface area contributed by atoms with Gasteiger partial charge in [0.05, 0.1) is 21.5 Å². The van der Waals surface area contributed by atoms with Gasteiger partial charge in [-0.1, -0.05) is 36.9 Å². The summed E-state index contributed by atoms with van der Waals surface area (Å²) >= 11 is 10.2. The number of guanidine groups is 1. The Bertz CT molecular complexity index is 1680. The van der Waals surface area contributed by atoms with Crippen LogP contribution in [0.15, 0.2) is 76.6 Å². The lowest BCUT2D eigenvalue weighted by Gasteiger charge is -2.49. The molecule has 242 valence electrons. The highest BCUT2D eigenvalue weighted by molar-refractivity contribution is 8.01. The van der Waals surface area contributed by atoms with E-state index in [4.69, 9.17) is 22.7 Å². The molecule has 0 bridgehead atoms. The molecular formula is C29H31Cl2N8O4S3+. The number of hydrazine groups is 1. The van der Waals surface area contributed by atoms with Gasteiger partial charge in [0.2, 0.25) is 11.9 Å². The smallest absolute Gasteiger partial charge is 0.272 e. The normalized spacial score (nSPS) is 17.3. The SMILES string of the molecule is CCCN(NC(=N)N)C(=O)c1cc[n+](C/C=C/C2=C(C(=O)Cl)N3C(=O)[C@@H](NC(=O)CSc4nc5ccccc5s4)[C@H]3SC2)cc1.Cl. The molecule has 17 heteroatoms. The number of amides is 3. The second-order valence-corrected chi connectivity index (χ2v) is 13.7. The van der Waals surface area contributed by atoms with Crippen LogP contribution in [0, 0.1) is 5.41 Å². The lowest BCUT2D eigenvalue weighted by atomic mass is 10.0. The highest BCUT2D eigenvalue weighted by Gasteiger charge is 2.53. The summed E-state index contributed by atoms with van der Waals surface area (Å²) < 4.78 is 3.66. The van der Waals surface area contributed by atoms with Crippen molar-refractivity contribution >= 4 is 98.0 Å². The van der Waals surface area contributed by atoms with E-state index in [-0.39, 0.29) is 47.5 Å². The number of thiazole rings is 1. The van der Waals surface area contributed by atoms with Gasteiger partial charge in [-0.25, -0.2) is 14.6 Å². The Labute approximate surface area is 288 Å². The first-order valence-corrected chi connectivity index (χ1v) is 17.1. The molecule has 1 saturated heterocycles. The third-order valence-corrected chi connectivity index (χ3v) is 10.5. The fourth-order valence-corrected chi connectivity index (χ4v) is 8.19. The van der Waals surface area contributed by atoms with Gasteiger partial charge >= 0.3 is 0 Å². The Morgan fingerprint density at radius 2 is 2.00 bits per heavy atom. The van der Waals surface area contributed by atoms with E-state index in [1.54, 1.807) is 30.6 Å². The Hall–Kier alpha value is -3.63. The second-order valence-electron chi connectivity index (χ2n) is 10.0. The fraction of sp³-hybridized carbons (Fsp3) is 0.276. The van der Waals surface area contributed by atoms with Crippen LogP contribution in [0.4, 0.5) is 0 Å². The van der Waals surface area contributed by atoms with Crippen LogP contribution in [-0.2, 0) is 20.9 Å². The van der Waals surface area contributed by atoms with Crippen LogP contribution in [0.2, 0.25) is 0 Å². The number of nitrogens with zero attached hydrogens (tertiary/aromatic N) is 4. The van der Waals surface area contributed by atoms with E-state index in [1.165, 1.54) is 44.8 Å². The zero-order valence-corrected chi connectivity index (χ0v) is 28.5. The van der Waals surface area contributed by atoms with Gasteiger partial charge in [0.1, 0.15) is 17.1 Å². The number of pyridine rings is 1. The summed E-state index contributed by atoms with van der Waals surface area (Å²) in [4.78, 5) is 56.8. The van der Waals surface area contributed by atoms with Crippen LogP contribution in [0.5, 0.6) is 0 Å². The number of hydrogen-bond donors (Lipinski definition) is 4. The summed E-state index contributed by atoms with van der Waals surface area (Å²) in [6.07, 6.45) is 7.77. The average molecular weight is 723 g/mol. The topological polar surface area (TPSA) is 165 Å². The minimum Gasteiger partial charge on any atom is -0.369 e. The monoisotopic (exact) mass is 721 g/mol. The van der Waals surface area contributed by atoms with E-state index in [2.05, 4.69) is 15.7 Å². The molecule has 12 nitrogen and oxygen atoms in total. The van der Waals surface area contributed by atoms with Gasteiger partial charge in [-0.2, -0.15) is 0 Å². The van der Waals surface area contributed by atoms with Gasteiger partial charge in [-0.05, 0) is 41.8 Å². The molecule has 2 aliphatic heterocycles. The first-order valence-electron chi connectivity index (χ1n) is 13.9. The van der Waals surface area contributed by atoms with Crippen LogP contribution >= 0.6 is 58.9 Å². The third kappa shape index (κ3) is 8.01. The third-order valence-electron chi connectivity index (χ3n) is 6.82. The number of carbonyl (C=O) groups excluding carboxylic acids is 4. The first-order chi connectivity index (χ1) is 21.7. The van der Waals surface area contributed by atoms with Crippen LogP contribution in [0.25, 0.3) is 10.2 Å². The van der Waals surface area contributed by atoms with E-state index in [9.17, 15) is 19.2 Å². The first kappa shape index (κ1) is 35.2. The standard InChI is InChI=1S/C29H29ClN8O4S3.ClH/c1-2-11-37(35-28(31)32)25(41)17-9-13-36(14-10-17)12-5-6-18-15-43-27-22(26(42)38(27)23(18)24(30)40)34-21(39)16-44-29-33-19-7-3-4-8-20(19)45-29;/h3-10,13-14,22,27H,2,11-12,15-16H2,1H3,(H4-,31,32,34,35,39);1H/p+1/b6-5+;/t22-,27-;/m1./s1. The summed E-state index contributed by atoms with van der Waals surface area (Å²) in [5.41, 5.74) is 9.98. The van der Waals surface area contributed by atoms with Crippen molar-refractivity contribution in [3.05, 3.63) is 77.8 Å². The number of nitrogens with two attached hydrogens (primary N) is 1. The van der Waals surface area contributed by atoms with Gasteiger partial charge < -0.3 is 11.1 Å². The van der Waals surface area contributed by atoms with Crippen molar-refractivity contribution in [1.29, 1.82) is 5.41 Å². The van der Waals surface area contributed by atoms with Crippen LogP contribution in [0.3, 0.4) is 0 Å². The molecule has 0 saturated carbocycles. The molecule has 0 unspecified atom stereocenters. The van der Waals surface area contributed by atoms with Gasteiger partial charge in [0.25, 0.3) is 17.1 Å². The number of benzene rings is 1. The molecule has 5 N–H and O–H groups in total. The summed E-state index contributed by atoms with van der Waals surface area (Å²) in [5.74, 6) is -0.749. The maximum atomic E-state index is 13.1. The number of fused-ring (bicyclic) bond motifs is 2. The lowest BCUT2D eigenvalue weighted by Crippen LogP contribution is -2.70. The quantitative estimate of drug-likeness (QED) is 0.0443. The number of para-hydroxylation sites is 1. The number of rotatable bonds is 11. The zero-order chi connectivity index (χ0) is 32.1. The number of aromatic nitrogens is 2. The largest absolute Gasteiger partial charge is 0.369 e. The molecule has 46 heavy (non-hydrogen) atoms. The number of halogens is 2. The van der Waals surface area contributed by atoms with Gasteiger partial charge in [0.15, 0.2) is 23.3 Å². The van der Waals surface area contributed by atoms with Crippen molar-refractivity contribution < 1.29 is 23.7 Å². The molecule has 2 atom stereocenters. The molecule has 4 heterocycles. The predicted molar refractivity (Wildman–Crippen MR) is 183 cm³/mol. The maximum Gasteiger partial charge on any atom is 0.272 e. The summed E-state index contributed by atoms with van der Waals surface area (Å²) in [5, 5.41) is 10.3. The van der Waals surface area contributed by atoms with Crippen LogP contribution in [0.1, 0.15) is 23.7 Å². The van der Waals surface area contributed by atoms with Gasteiger partial charge in [-0.3, -0.25) is 34.9 Å². The van der Waals surface area contributed by atoms with Crippen LogP contribution in [-0.4, -0.2) is 73.3 Å². The van der Waals surface area contributed by atoms with E-state index in [1.807, 2.05) is 41.8 Å². The van der Waals surface area contributed by atoms with Crippen molar-refractivity contribution in [2.24, 2.45) is 5.73 Å². The molecule has 2 aliphatic rings. The highest BCUT2D eigenvalue weighted by Crippen LogP contribution is 2.41. The summed E-state index contributed by atoms with van der Waals surface area (Å²) in [6, 6.07) is 10.3. The Morgan fingerprint density at radius 1 is 1.26 bits per heavy atom. The minimum atomic E-state index is -0.745. The predicted octanol–water partition coefficient (Wildman–Crippen LogP) is 3.02. The molecule has 3 aromatic rings. The Kier molecular flexibility index (Phi) is 12.1.